The van der Waals surface area contributed by atoms with Crippen molar-refractivity contribution >= 4 is 17.6 Å². The van der Waals surface area contributed by atoms with Crippen molar-refractivity contribution in [3.63, 3.8) is 0 Å². The second-order valence-corrected chi connectivity index (χ2v) is 1.77. The average Bonchev–Trinajstić information content (AvgIpc) is 1.98. The Morgan fingerprint density at radius 3 is 2.80 bits per heavy atom. The Hall–Kier alpha value is -0.760. The first kappa shape index (κ1) is 9.24. The Bertz CT molecular complexity index is 141. The standard InChI is InChI=1S/C7H9ClO2/c1-2-7(9)10-6-4-3-5-8/h2-4H,1,5-6H2. The summed E-state index contributed by atoms with van der Waals surface area (Å²) in [7, 11) is 0. The smallest absolute Gasteiger partial charge is 0.330 e. The van der Waals surface area contributed by atoms with Gasteiger partial charge in [-0.1, -0.05) is 18.7 Å². The largest absolute Gasteiger partial charge is 0.458 e. The highest BCUT2D eigenvalue weighted by Gasteiger charge is 1.88. The maximum Gasteiger partial charge on any atom is 0.330 e. The van der Waals surface area contributed by atoms with Crippen LogP contribution in [0.25, 0.3) is 0 Å². The Morgan fingerprint density at radius 2 is 2.30 bits per heavy atom. The summed E-state index contributed by atoms with van der Waals surface area (Å²) in [6.07, 6.45) is 4.50. The van der Waals surface area contributed by atoms with Gasteiger partial charge >= 0.3 is 5.97 Å². The predicted molar refractivity (Wildman–Crippen MR) is 41.0 cm³/mol. The molecule has 0 aliphatic carbocycles. The minimum absolute atomic E-state index is 0.261. The molecule has 0 aromatic heterocycles. The van der Waals surface area contributed by atoms with Crippen LogP contribution in [0.2, 0.25) is 0 Å². The fraction of sp³-hybridized carbons (Fsp3) is 0.286. The summed E-state index contributed by atoms with van der Waals surface area (Å²) in [4.78, 5) is 10.4. The Labute approximate surface area is 65.1 Å². The lowest BCUT2D eigenvalue weighted by Crippen LogP contribution is -1.98. The quantitative estimate of drug-likeness (QED) is 0.270. The van der Waals surface area contributed by atoms with E-state index in [2.05, 4.69) is 11.3 Å². The highest BCUT2D eigenvalue weighted by molar-refractivity contribution is 6.18. The molecule has 56 valence electrons. The number of carbonyl (C=O) groups excluding carboxylic acids is 1. The number of halogens is 1. The van der Waals surface area contributed by atoms with Gasteiger partial charge in [0.25, 0.3) is 0 Å². The van der Waals surface area contributed by atoms with E-state index in [1.165, 1.54) is 0 Å². The van der Waals surface area contributed by atoms with E-state index in [4.69, 9.17) is 11.6 Å². The molecule has 2 nitrogen and oxygen atoms in total. The van der Waals surface area contributed by atoms with Crippen LogP contribution >= 0.6 is 11.6 Å². The number of hydrogen-bond donors (Lipinski definition) is 0. The van der Waals surface area contributed by atoms with Crippen LogP contribution in [0.1, 0.15) is 0 Å². The highest BCUT2D eigenvalue weighted by Crippen LogP contribution is 1.82. The average molecular weight is 161 g/mol. The van der Waals surface area contributed by atoms with Crippen molar-refractivity contribution in [2.24, 2.45) is 0 Å². The van der Waals surface area contributed by atoms with E-state index in [1.807, 2.05) is 0 Å². The van der Waals surface area contributed by atoms with Gasteiger partial charge in [0.1, 0.15) is 6.61 Å². The first-order valence-electron chi connectivity index (χ1n) is 2.81. The van der Waals surface area contributed by atoms with Crippen LogP contribution in [0, 0.1) is 0 Å². The van der Waals surface area contributed by atoms with Crippen LogP contribution in [0.4, 0.5) is 0 Å². The molecule has 0 bridgehead atoms. The van der Waals surface area contributed by atoms with Gasteiger partial charge in [0.05, 0.1) is 0 Å². The lowest BCUT2D eigenvalue weighted by atomic mass is 10.5. The first-order valence-corrected chi connectivity index (χ1v) is 3.35. The molecule has 0 heterocycles. The van der Waals surface area contributed by atoms with E-state index in [9.17, 15) is 4.79 Å². The molecule has 10 heavy (non-hydrogen) atoms. The summed E-state index contributed by atoms with van der Waals surface area (Å²) >= 11 is 5.30. The second-order valence-electron chi connectivity index (χ2n) is 1.46. The predicted octanol–water partition coefficient (Wildman–Crippen LogP) is 1.51. The molecule has 0 spiro atoms. The van der Waals surface area contributed by atoms with Gasteiger partial charge in [0, 0.05) is 12.0 Å². The highest BCUT2D eigenvalue weighted by atomic mass is 35.5. The van der Waals surface area contributed by atoms with Gasteiger partial charge in [-0.15, -0.1) is 11.6 Å². The van der Waals surface area contributed by atoms with Gasteiger partial charge in [-0.05, 0) is 0 Å². The molecule has 0 aromatic carbocycles. The molecule has 0 rings (SSSR count). The van der Waals surface area contributed by atoms with Crippen LogP contribution in [0.5, 0.6) is 0 Å². The van der Waals surface area contributed by atoms with Gasteiger partial charge in [-0.2, -0.15) is 0 Å². The van der Waals surface area contributed by atoms with Gasteiger partial charge < -0.3 is 4.74 Å². The minimum Gasteiger partial charge on any atom is -0.458 e. The van der Waals surface area contributed by atoms with Crippen molar-refractivity contribution in [2.45, 2.75) is 0 Å². The van der Waals surface area contributed by atoms with Crippen LogP contribution in [-0.4, -0.2) is 18.5 Å². The Balaban J connectivity index is 3.27. The summed E-state index contributed by atoms with van der Waals surface area (Å²) in [6.45, 7) is 3.50. The molecule has 3 heteroatoms. The Kier molecular flexibility index (Phi) is 5.88. The molecule has 0 amide bonds. The van der Waals surface area contributed by atoms with E-state index in [1.54, 1.807) is 12.2 Å². The van der Waals surface area contributed by atoms with Crippen LogP contribution in [0.15, 0.2) is 24.8 Å². The fourth-order valence-corrected chi connectivity index (χ4v) is 0.446. The normalized spacial score (nSPS) is 9.70. The SMILES string of the molecule is C=CC(=O)OCC=CCCl. The topological polar surface area (TPSA) is 26.3 Å². The van der Waals surface area contributed by atoms with E-state index >= 15 is 0 Å². The number of carbonyl (C=O) groups is 1. The van der Waals surface area contributed by atoms with Crippen molar-refractivity contribution in [2.75, 3.05) is 12.5 Å². The molecule has 0 aliphatic rings. The zero-order valence-electron chi connectivity index (χ0n) is 5.55. The lowest BCUT2D eigenvalue weighted by Gasteiger charge is -1.93. The minimum atomic E-state index is -0.417. The number of alkyl halides is 1. The molecule has 0 N–H and O–H groups in total. The summed E-state index contributed by atoms with van der Waals surface area (Å²) in [5, 5.41) is 0. The van der Waals surface area contributed by atoms with Crippen molar-refractivity contribution in [1.29, 1.82) is 0 Å². The van der Waals surface area contributed by atoms with Gasteiger partial charge in [-0.25, -0.2) is 4.79 Å². The molecule has 0 saturated heterocycles. The van der Waals surface area contributed by atoms with Crippen molar-refractivity contribution in [3.05, 3.63) is 24.8 Å². The number of esters is 1. The van der Waals surface area contributed by atoms with Crippen molar-refractivity contribution in [3.8, 4) is 0 Å². The number of rotatable bonds is 4. The van der Waals surface area contributed by atoms with Crippen LogP contribution in [0.3, 0.4) is 0 Å². The third-order valence-electron chi connectivity index (χ3n) is 0.744. The molecular formula is C7H9ClO2. The Morgan fingerprint density at radius 1 is 1.60 bits per heavy atom. The zero-order chi connectivity index (χ0) is 7.82. The van der Waals surface area contributed by atoms with Crippen LogP contribution in [-0.2, 0) is 9.53 Å². The molecular weight excluding hydrogens is 152 g/mol. The van der Waals surface area contributed by atoms with Gasteiger partial charge in [0.15, 0.2) is 0 Å². The molecule has 0 saturated carbocycles. The van der Waals surface area contributed by atoms with Gasteiger partial charge in [-0.3, -0.25) is 0 Å². The number of ether oxygens (including phenoxy) is 1. The molecule has 0 aliphatic heterocycles. The van der Waals surface area contributed by atoms with Crippen molar-refractivity contribution in [1.82, 2.24) is 0 Å². The van der Waals surface area contributed by atoms with Crippen LogP contribution < -0.4 is 0 Å². The first-order chi connectivity index (χ1) is 4.81. The number of allylic oxidation sites excluding steroid dienone is 1. The van der Waals surface area contributed by atoms with E-state index in [0.29, 0.717) is 5.88 Å². The van der Waals surface area contributed by atoms with E-state index < -0.39 is 5.97 Å². The third-order valence-corrected chi connectivity index (χ3v) is 0.922. The lowest BCUT2D eigenvalue weighted by molar-refractivity contribution is -0.136. The third kappa shape index (κ3) is 5.38. The summed E-state index contributed by atoms with van der Waals surface area (Å²) in [6, 6.07) is 0. The van der Waals surface area contributed by atoms with E-state index in [0.717, 1.165) is 6.08 Å². The van der Waals surface area contributed by atoms with Gasteiger partial charge in [0.2, 0.25) is 0 Å². The van der Waals surface area contributed by atoms with E-state index in [-0.39, 0.29) is 6.61 Å². The second kappa shape index (κ2) is 6.36. The zero-order valence-corrected chi connectivity index (χ0v) is 6.30. The monoisotopic (exact) mass is 160 g/mol. The molecule has 0 radical (unpaired) electrons. The molecule has 0 aromatic rings. The summed E-state index contributed by atoms with van der Waals surface area (Å²) in [5.41, 5.74) is 0. The summed E-state index contributed by atoms with van der Waals surface area (Å²) in [5.74, 6) is 0.0188. The van der Waals surface area contributed by atoms with Crippen molar-refractivity contribution < 1.29 is 9.53 Å². The maximum absolute atomic E-state index is 10.4. The molecule has 0 unspecified atom stereocenters. The number of hydrogen-bond acceptors (Lipinski definition) is 2. The maximum atomic E-state index is 10.4. The molecule has 0 atom stereocenters. The molecule has 0 fully saturated rings. The fourth-order valence-electron chi connectivity index (χ4n) is 0.320. The summed E-state index contributed by atoms with van der Waals surface area (Å²) < 4.78 is 4.59.